The van der Waals surface area contributed by atoms with E-state index >= 15 is 0 Å². The lowest BCUT2D eigenvalue weighted by molar-refractivity contribution is -0.143. The summed E-state index contributed by atoms with van der Waals surface area (Å²) in [5, 5.41) is 0. The third kappa shape index (κ3) is 5.01. The largest absolute Gasteiger partial charge is 0.747 e. The molecular formula is C8H6F6O4P+. The van der Waals surface area contributed by atoms with Gasteiger partial charge in [-0.05, 0) is 18.2 Å². The van der Waals surface area contributed by atoms with E-state index in [0.29, 0.717) is 0 Å². The Labute approximate surface area is 102 Å². The first-order valence-electron chi connectivity index (χ1n) is 4.14. The maximum atomic E-state index is 12.3. The van der Waals surface area contributed by atoms with E-state index in [1.807, 2.05) is 0 Å². The van der Waals surface area contributed by atoms with E-state index in [1.165, 1.54) is 0 Å². The van der Waals surface area contributed by atoms with Crippen LogP contribution in [0.3, 0.4) is 0 Å². The van der Waals surface area contributed by atoms with Crippen molar-refractivity contribution in [3.8, 4) is 5.75 Å². The normalized spacial score (nSPS) is 12.7. The number of alkyl halides is 6. The molecule has 4 nitrogen and oxygen atoms in total. The van der Waals surface area contributed by atoms with Crippen molar-refractivity contribution in [1.82, 2.24) is 0 Å². The third-order valence-electron chi connectivity index (χ3n) is 1.74. The van der Waals surface area contributed by atoms with Gasteiger partial charge in [-0.2, -0.15) is 26.3 Å². The molecule has 0 aliphatic rings. The van der Waals surface area contributed by atoms with E-state index in [-0.39, 0.29) is 23.7 Å². The molecule has 0 spiro atoms. The molecule has 11 heteroatoms. The molecule has 1 rings (SSSR count). The summed E-state index contributed by atoms with van der Waals surface area (Å²) < 4.78 is 88.1. The van der Waals surface area contributed by atoms with Crippen molar-refractivity contribution in [3.63, 3.8) is 0 Å². The first-order chi connectivity index (χ1) is 8.00. The second-order valence-electron chi connectivity index (χ2n) is 3.07. The fraction of sp³-hybridized carbons (Fsp3) is 0.250. The summed E-state index contributed by atoms with van der Waals surface area (Å²) in [6, 6.07) is 0.300. The number of halogens is 6. The molecule has 0 amide bonds. The van der Waals surface area contributed by atoms with E-state index in [2.05, 4.69) is 4.52 Å². The van der Waals surface area contributed by atoms with Gasteiger partial charge in [0.2, 0.25) is 0 Å². The van der Waals surface area contributed by atoms with Crippen molar-refractivity contribution in [2.75, 3.05) is 0 Å². The van der Waals surface area contributed by atoms with Crippen molar-refractivity contribution in [2.45, 2.75) is 12.4 Å². The van der Waals surface area contributed by atoms with Gasteiger partial charge in [0.15, 0.2) is 5.75 Å². The molecule has 19 heavy (non-hydrogen) atoms. The van der Waals surface area contributed by atoms with Gasteiger partial charge >= 0.3 is 20.6 Å². The molecule has 1 unspecified atom stereocenters. The smallest absolute Gasteiger partial charge is 0.412 e. The van der Waals surface area contributed by atoms with Crippen molar-refractivity contribution < 1.29 is 45.8 Å². The molecule has 0 radical (unpaired) electrons. The van der Waals surface area contributed by atoms with Crippen LogP contribution in [0.2, 0.25) is 0 Å². The van der Waals surface area contributed by atoms with E-state index in [9.17, 15) is 30.9 Å². The second-order valence-corrected chi connectivity index (χ2v) is 3.73. The maximum Gasteiger partial charge on any atom is 0.747 e. The van der Waals surface area contributed by atoms with Gasteiger partial charge in [-0.1, -0.05) is 0 Å². The van der Waals surface area contributed by atoms with Gasteiger partial charge in [0.1, 0.15) is 0 Å². The van der Waals surface area contributed by atoms with Crippen LogP contribution in [0.4, 0.5) is 26.3 Å². The fourth-order valence-electron chi connectivity index (χ4n) is 1.07. The van der Waals surface area contributed by atoms with Gasteiger partial charge < -0.3 is 5.48 Å². The molecule has 0 fully saturated rings. The maximum absolute atomic E-state index is 12.3. The third-order valence-corrected chi connectivity index (χ3v) is 2.11. The average Bonchev–Trinajstić information content (AvgIpc) is 2.13. The van der Waals surface area contributed by atoms with Gasteiger partial charge in [0.05, 0.1) is 11.1 Å². The van der Waals surface area contributed by atoms with Crippen molar-refractivity contribution in [3.05, 3.63) is 29.3 Å². The van der Waals surface area contributed by atoms with E-state index in [0.717, 1.165) is 0 Å². The summed E-state index contributed by atoms with van der Waals surface area (Å²) >= 11 is 0. The van der Waals surface area contributed by atoms with E-state index in [1.54, 1.807) is 0 Å². The molecule has 3 N–H and O–H groups in total. The average molecular weight is 311 g/mol. The molecule has 108 valence electrons. The van der Waals surface area contributed by atoms with Crippen LogP contribution in [0.15, 0.2) is 18.2 Å². The molecule has 0 saturated carbocycles. The zero-order chi connectivity index (χ0) is 14.1. The molecule has 0 aliphatic carbocycles. The molecule has 0 heterocycles. The number of benzene rings is 1. The Morgan fingerprint density at radius 1 is 0.947 bits per heavy atom. The molecule has 1 aromatic rings. The number of hydrogen-bond acceptors (Lipinski definition) is 2. The van der Waals surface area contributed by atoms with Crippen LogP contribution in [0.1, 0.15) is 11.1 Å². The van der Waals surface area contributed by atoms with Crippen LogP contribution in [-0.4, -0.2) is 10.4 Å². The minimum absolute atomic E-state index is 0. The predicted octanol–water partition coefficient (Wildman–Crippen LogP) is 2.93. The Morgan fingerprint density at radius 3 is 1.58 bits per heavy atom. The molecule has 1 aromatic carbocycles. The minimum Gasteiger partial charge on any atom is -0.412 e. The van der Waals surface area contributed by atoms with E-state index < -0.39 is 37.5 Å². The first kappa shape index (κ1) is 17.6. The molecule has 0 aromatic heterocycles. The Hall–Kier alpha value is -1.38. The molecule has 1 atom stereocenters. The molecule has 0 saturated heterocycles. The quantitative estimate of drug-likeness (QED) is 0.674. The van der Waals surface area contributed by atoms with Crippen molar-refractivity contribution in [1.29, 1.82) is 0 Å². The van der Waals surface area contributed by atoms with Crippen LogP contribution in [0.25, 0.3) is 0 Å². The minimum atomic E-state index is -5.03. The van der Waals surface area contributed by atoms with Crippen LogP contribution in [-0.2, 0) is 16.9 Å². The summed E-state index contributed by atoms with van der Waals surface area (Å²) in [5.74, 6) is -0.985. The molecular weight excluding hydrogens is 305 g/mol. The Bertz CT molecular complexity index is 437. The highest BCUT2D eigenvalue weighted by Gasteiger charge is 2.38. The number of rotatable bonds is 2. The van der Waals surface area contributed by atoms with Crippen molar-refractivity contribution in [2.24, 2.45) is 0 Å². The highest BCUT2D eigenvalue weighted by Crippen LogP contribution is 2.39. The van der Waals surface area contributed by atoms with Crippen molar-refractivity contribution >= 4 is 8.25 Å². The lowest BCUT2D eigenvalue weighted by atomic mass is 10.1. The summed E-state index contributed by atoms with van der Waals surface area (Å²) in [6.07, 6.45) is -10.1. The zero-order valence-corrected chi connectivity index (χ0v) is 9.61. The van der Waals surface area contributed by atoms with Gasteiger partial charge in [-0.3, -0.25) is 0 Å². The second kappa shape index (κ2) is 5.72. The zero-order valence-electron chi connectivity index (χ0n) is 8.71. The SMILES string of the molecule is O.O=[P+](O)Oc1cc(C(F)(F)F)cc(C(F)(F)F)c1. The lowest BCUT2D eigenvalue weighted by Crippen LogP contribution is -2.10. The Morgan fingerprint density at radius 2 is 1.32 bits per heavy atom. The van der Waals surface area contributed by atoms with Gasteiger partial charge in [0.25, 0.3) is 0 Å². The van der Waals surface area contributed by atoms with E-state index in [4.69, 9.17) is 4.89 Å². The van der Waals surface area contributed by atoms with Crippen LogP contribution in [0, 0.1) is 0 Å². The van der Waals surface area contributed by atoms with Gasteiger partial charge in [0, 0.05) is 4.57 Å². The van der Waals surface area contributed by atoms with Crippen LogP contribution < -0.4 is 4.52 Å². The summed E-state index contributed by atoms with van der Waals surface area (Å²) in [6.45, 7) is 0. The summed E-state index contributed by atoms with van der Waals surface area (Å²) in [7, 11) is -3.36. The lowest BCUT2D eigenvalue weighted by Gasteiger charge is -2.11. The molecule has 0 bridgehead atoms. The standard InChI is InChI=1S/C8H3F6O3P.H2O/c9-7(10,11)4-1-5(8(12,13)14)3-6(2-4)17-18(15)16;/h1-3H;1H2/p+1. The van der Waals surface area contributed by atoms with Gasteiger partial charge in [-0.25, -0.2) is 4.52 Å². The predicted molar refractivity (Wildman–Crippen MR) is 50.5 cm³/mol. The molecule has 0 aliphatic heterocycles. The highest BCUT2D eigenvalue weighted by molar-refractivity contribution is 7.32. The number of hydrogen-bond donors (Lipinski definition) is 1. The first-order valence-corrected chi connectivity index (χ1v) is 5.27. The Balaban J connectivity index is 0.00000324. The van der Waals surface area contributed by atoms with Crippen LogP contribution in [0.5, 0.6) is 5.75 Å². The summed E-state index contributed by atoms with van der Waals surface area (Å²) in [4.78, 5) is 8.32. The monoisotopic (exact) mass is 311 g/mol. The topological polar surface area (TPSA) is 78.0 Å². The van der Waals surface area contributed by atoms with Gasteiger partial charge in [-0.15, -0.1) is 4.89 Å². The van der Waals surface area contributed by atoms with Crippen LogP contribution >= 0.6 is 8.25 Å². The summed E-state index contributed by atoms with van der Waals surface area (Å²) in [5.41, 5.74) is -3.24. The fourth-order valence-corrected chi connectivity index (χ4v) is 1.36. The Kier molecular flexibility index (Phi) is 5.31. The highest BCUT2D eigenvalue weighted by atomic mass is 31.1.